The third-order valence-corrected chi connectivity index (χ3v) is 8.38. The van der Waals surface area contributed by atoms with Crippen molar-refractivity contribution in [3.8, 4) is 11.8 Å². The molecule has 0 amide bonds. The molecule has 3 aromatic rings. The van der Waals surface area contributed by atoms with E-state index in [1.807, 2.05) is 0 Å². The predicted octanol–water partition coefficient (Wildman–Crippen LogP) is 3.34. The van der Waals surface area contributed by atoms with Crippen LogP contribution >= 0.6 is 34.2 Å². The van der Waals surface area contributed by atoms with E-state index in [4.69, 9.17) is 35.3 Å². The van der Waals surface area contributed by atoms with Gasteiger partial charge in [0, 0.05) is 30.7 Å². The van der Waals surface area contributed by atoms with Crippen LogP contribution in [0.2, 0.25) is 5.02 Å². The number of aliphatic hydroxyl groups excluding tert-OH is 1. The normalized spacial score (nSPS) is 29.1. The van der Waals surface area contributed by atoms with Crippen LogP contribution in [0.5, 0.6) is 11.8 Å². The van der Waals surface area contributed by atoms with E-state index in [-0.39, 0.29) is 59.7 Å². The molecule has 0 radical (unpaired) electrons. The third-order valence-electron chi connectivity index (χ3n) is 6.48. The van der Waals surface area contributed by atoms with E-state index in [0.717, 1.165) is 12.1 Å². The molecule has 10 nitrogen and oxygen atoms in total. The molecule has 3 aliphatic rings. The summed E-state index contributed by atoms with van der Waals surface area (Å²) in [4.78, 5) is 11.7. The van der Waals surface area contributed by atoms with Crippen LogP contribution in [0.1, 0.15) is 12.0 Å². The number of nitrogens with one attached hydrogen (secondary N) is 2. The van der Waals surface area contributed by atoms with Gasteiger partial charge in [-0.15, -0.1) is 0 Å². The van der Waals surface area contributed by atoms with E-state index >= 15 is 0 Å². The number of nitrogens with zero attached hydrogens (tertiary/aromatic N) is 2. The van der Waals surface area contributed by atoms with Gasteiger partial charge in [-0.2, -0.15) is 4.98 Å². The van der Waals surface area contributed by atoms with Crippen LogP contribution in [0, 0.1) is 11.6 Å². The molecule has 5 atom stereocenters. The zero-order chi connectivity index (χ0) is 25.7. The molecule has 0 aliphatic carbocycles. The van der Waals surface area contributed by atoms with Crippen molar-refractivity contribution in [2.75, 3.05) is 31.7 Å². The average Bonchev–Trinajstić information content (AvgIpc) is 3.61. The van der Waals surface area contributed by atoms with Gasteiger partial charge in [0.2, 0.25) is 0 Å². The van der Waals surface area contributed by atoms with Gasteiger partial charge in [-0.3, -0.25) is 0 Å². The Morgan fingerprint density at radius 1 is 1.19 bits per heavy atom. The van der Waals surface area contributed by atoms with Gasteiger partial charge in [0.25, 0.3) is 6.01 Å². The van der Waals surface area contributed by atoms with E-state index in [9.17, 15) is 13.9 Å². The summed E-state index contributed by atoms with van der Waals surface area (Å²) in [5.41, 5.74) is 0.613. The number of halogens is 4. The molecule has 3 N–H and O–H groups in total. The van der Waals surface area contributed by atoms with E-state index in [1.54, 1.807) is 6.07 Å². The van der Waals surface area contributed by atoms with Crippen LogP contribution in [0.3, 0.4) is 0 Å². The first-order valence-electron chi connectivity index (χ1n) is 11.6. The highest BCUT2D eigenvalue weighted by atomic mass is 127. The molecular weight excluding hydrogens is 629 g/mol. The lowest BCUT2D eigenvalue weighted by Crippen LogP contribution is -2.44. The summed E-state index contributed by atoms with van der Waals surface area (Å²) in [6, 6.07) is 4.06. The van der Waals surface area contributed by atoms with Crippen molar-refractivity contribution < 1.29 is 37.6 Å². The number of hydrogen-bond donors (Lipinski definition) is 3. The Bertz CT molecular complexity index is 1300. The van der Waals surface area contributed by atoms with E-state index < -0.39 is 33.6 Å². The van der Waals surface area contributed by atoms with Crippen molar-refractivity contribution in [2.45, 2.75) is 41.0 Å². The SMILES string of the molecule is O[C@@H]1CO[C@@]2(I)[C@@H]1OC[C@H]2Oc1nc2nc(NCc3c(F)cc(OC4CCOC4)cc3F)c(Cl)cc2[nH]1. The Morgan fingerprint density at radius 2 is 2.00 bits per heavy atom. The molecule has 37 heavy (non-hydrogen) atoms. The highest BCUT2D eigenvalue weighted by Crippen LogP contribution is 2.44. The number of benzene rings is 1. The molecule has 0 spiro atoms. The molecule has 3 fully saturated rings. The number of aromatic amines is 1. The Kier molecular flexibility index (Phi) is 6.77. The topological polar surface area (TPSA) is 120 Å². The van der Waals surface area contributed by atoms with E-state index in [0.29, 0.717) is 25.2 Å². The third kappa shape index (κ3) is 4.81. The minimum atomic E-state index is -0.840. The summed E-state index contributed by atoms with van der Waals surface area (Å²) >= 11 is 8.45. The van der Waals surface area contributed by atoms with Gasteiger partial charge in [-0.05, 0) is 28.7 Å². The van der Waals surface area contributed by atoms with Gasteiger partial charge in [0.15, 0.2) is 15.4 Å². The number of rotatable bonds is 7. The Balaban J connectivity index is 1.15. The molecule has 1 unspecified atom stereocenters. The molecule has 3 aliphatic heterocycles. The lowest BCUT2D eigenvalue weighted by Gasteiger charge is -2.25. The summed E-state index contributed by atoms with van der Waals surface area (Å²) in [6.07, 6.45) is -1.28. The maximum atomic E-state index is 14.7. The van der Waals surface area contributed by atoms with Crippen LogP contribution < -0.4 is 14.8 Å². The minimum absolute atomic E-state index is 0.112. The summed E-state index contributed by atoms with van der Waals surface area (Å²) in [7, 11) is 0. The maximum absolute atomic E-state index is 14.7. The second-order valence-corrected chi connectivity index (χ2v) is 11.1. The zero-order valence-electron chi connectivity index (χ0n) is 19.2. The van der Waals surface area contributed by atoms with Gasteiger partial charge in [-0.25, -0.2) is 13.8 Å². The monoisotopic (exact) mass is 650 g/mol. The average molecular weight is 651 g/mol. The second kappa shape index (κ2) is 9.93. The predicted molar refractivity (Wildman–Crippen MR) is 135 cm³/mol. The van der Waals surface area contributed by atoms with E-state index in [1.165, 1.54) is 0 Å². The smallest absolute Gasteiger partial charge is 0.296 e. The Labute approximate surface area is 228 Å². The van der Waals surface area contributed by atoms with Gasteiger partial charge in [0.05, 0.1) is 37.0 Å². The molecule has 198 valence electrons. The van der Waals surface area contributed by atoms with E-state index in [2.05, 4.69) is 42.9 Å². The lowest BCUT2D eigenvalue weighted by atomic mass is 10.1. The summed E-state index contributed by atoms with van der Waals surface area (Å²) < 4.78 is 56.7. The first-order valence-corrected chi connectivity index (χ1v) is 13.1. The zero-order valence-corrected chi connectivity index (χ0v) is 22.1. The van der Waals surface area contributed by atoms with Crippen LogP contribution in [-0.2, 0) is 20.8 Å². The Morgan fingerprint density at radius 3 is 2.76 bits per heavy atom. The quantitative estimate of drug-likeness (QED) is 0.261. The number of aromatic nitrogens is 3. The molecule has 6 rings (SSSR count). The fraction of sp³-hybridized carbons (Fsp3) is 0.478. The first-order chi connectivity index (χ1) is 17.8. The largest absolute Gasteiger partial charge is 0.488 e. The van der Waals surface area contributed by atoms with Crippen LogP contribution in [-0.4, -0.2) is 74.5 Å². The van der Waals surface area contributed by atoms with Gasteiger partial charge in [0.1, 0.15) is 41.5 Å². The Hall–Kier alpha value is -2.04. The van der Waals surface area contributed by atoms with Crippen molar-refractivity contribution >= 4 is 51.2 Å². The summed E-state index contributed by atoms with van der Waals surface area (Å²) in [5.74, 6) is -1.19. The van der Waals surface area contributed by atoms with Gasteiger partial charge >= 0.3 is 0 Å². The maximum Gasteiger partial charge on any atom is 0.296 e. The number of aliphatic hydroxyl groups is 1. The number of hydrogen-bond acceptors (Lipinski definition) is 9. The molecule has 3 saturated heterocycles. The van der Waals surface area contributed by atoms with Crippen molar-refractivity contribution in [3.05, 3.63) is 40.4 Å². The highest BCUT2D eigenvalue weighted by molar-refractivity contribution is 14.1. The molecular formula is C23H22ClF2IN4O6. The number of ether oxygens (including phenoxy) is 5. The van der Waals surface area contributed by atoms with Crippen molar-refractivity contribution in [2.24, 2.45) is 0 Å². The molecule has 0 saturated carbocycles. The lowest BCUT2D eigenvalue weighted by molar-refractivity contribution is 0.00481. The number of fused-ring (bicyclic) bond motifs is 2. The van der Waals surface area contributed by atoms with Crippen LogP contribution in [0.4, 0.5) is 14.6 Å². The molecule has 0 bridgehead atoms. The highest BCUT2D eigenvalue weighted by Gasteiger charge is 2.60. The van der Waals surface area contributed by atoms with Crippen molar-refractivity contribution in [1.82, 2.24) is 15.0 Å². The molecule has 1 aromatic carbocycles. The van der Waals surface area contributed by atoms with Gasteiger partial charge < -0.3 is 39.1 Å². The van der Waals surface area contributed by atoms with Crippen LogP contribution in [0.15, 0.2) is 18.2 Å². The summed E-state index contributed by atoms with van der Waals surface area (Å²) in [5, 5.41) is 13.1. The minimum Gasteiger partial charge on any atom is -0.488 e. The fourth-order valence-corrected chi connectivity index (χ4v) is 5.86. The first kappa shape index (κ1) is 25.2. The number of anilines is 1. The fourth-order valence-electron chi connectivity index (χ4n) is 4.56. The summed E-state index contributed by atoms with van der Waals surface area (Å²) in [6.45, 7) is 1.13. The number of pyridine rings is 1. The number of imidazole rings is 1. The van der Waals surface area contributed by atoms with Crippen molar-refractivity contribution in [3.63, 3.8) is 0 Å². The second-order valence-electron chi connectivity index (χ2n) is 8.99. The van der Waals surface area contributed by atoms with Crippen LogP contribution in [0.25, 0.3) is 11.2 Å². The number of H-pyrrole nitrogens is 1. The van der Waals surface area contributed by atoms with Gasteiger partial charge in [-0.1, -0.05) is 11.6 Å². The molecule has 5 heterocycles. The van der Waals surface area contributed by atoms with Crippen molar-refractivity contribution in [1.29, 1.82) is 0 Å². The standard InChI is InChI=1S/C23H22ClF2IN4O6/c24-13-5-16-21(31-22(29-16)37-18-9-34-19-17(32)8-35-23(18,19)27)30-20(13)28-6-12-14(25)3-11(4-15(12)26)36-10-1-2-33-7-10/h3-5,10,17-19,32H,1-2,6-9H2,(H2,28,29,30,31)/t10?,17-,18-,19-,23-/m1/s1. The molecule has 2 aromatic heterocycles. The number of alkyl halides is 1. The molecule has 14 heteroatoms.